The number of rotatable bonds is 17. The maximum Gasteiger partial charge on any atom is 0.242 e. The lowest BCUT2D eigenvalue weighted by atomic mass is 10.0. The molecule has 0 aromatic carbocycles. The fraction of sp³-hybridized carbons (Fsp3) is 0.591. The number of hydrogen-bond donors (Lipinski definition) is 1. The Morgan fingerprint density at radius 2 is 1.44 bits per heavy atom. The summed E-state index contributed by atoms with van der Waals surface area (Å²) in [7, 11) is 0. The van der Waals surface area contributed by atoms with Gasteiger partial charge in [-0.05, 0) is 44.9 Å². The Kier molecular flexibility index (Phi) is 17.4. The van der Waals surface area contributed by atoms with E-state index in [4.69, 9.17) is 0 Å². The molecule has 0 heterocycles. The molecule has 0 aliphatic rings. The van der Waals surface area contributed by atoms with E-state index in [0.29, 0.717) is 6.42 Å². The number of aliphatic hydroxyl groups excluding tert-OH is 1. The average molecular weight is 378 g/mol. The highest BCUT2D eigenvalue weighted by atomic mass is 16.6. The van der Waals surface area contributed by atoms with Crippen LogP contribution in [-0.2, 0) is 4.79 Å². The number of nitrogens with zero attached hydrogens (tertiary/aromatic N) is 1. The normalized spacial score (nSPS) is 14.6. The monoisotopic (exact) mass is 377 g/mol. The molecule has 0 aromatic heterocycles. The highest BCUT2D eigenvalue weighted by Gasteiger charge is 2.27. The van der Waals surface area contributed by atoms with Gasteiger partial charge >= 0.3 is 0 Å². The Labute approximate surface area is 163 Å². The summed E-state index contributed by atoms with van der Waals surface area (Å²) in [5.74, 6) is 0. The van der Waals surface area contributed by atoms with Crippen LogP contribution in [0.5, 0.6) is 0 Å². The van der Waals surface area contributed by atoms with Crippen LogP contribution >= 0.6 is 0 Å². The predicted octanol–water partition coefficient (Wildman–Crippen LogP) is 5.34. The molecule has 27 heavy (non-hydrogen) atoms. The van der Waals surface area contributed by atoms with Gasteiger partial charge in [-0.1, -0.05) is 62.0 Å². The Morgan fingerprint density at radius 1 is 0.852 bits per heavy atom. The van der Waals surface area contributed by atoms with Crippen molar-refractivity contribution in [1.29, 1.82) is 0 Å². The molecule has 0 aliphatic carbocycles. The molecule has 0 fully saturated rings. The van der Waals surface area contributed by atoms with Gasteiger partial charge in [0.25, 0.3) is 0 Å². The summed E-state index contributed by atoms with van der Waals surface area (Å²) in [4.78, 5) is 21.0. The fourth-order valence-electron chi connectivity index (χ4n) is 2.51. The third kappa shape index (κ3) is 15.9. The van der Waals surface area contributed by atoms with Crippen LogP contribution in [-0.4, -0.2) is 28.5 Å². The van der Waals surface area contributed by atoms with Gasteiger partial charge in [-0.3, -0.25) is 10.1 Å². The summed E-state index contributed by atoms with van der Waals surface area (Å²) in [5, 5.41) is 21.3. The second kappa shape index (κ2) is 18.8. The summed E-state index contributed by atoms with van der Waals surface area (Å²) < 4.78 is 0. The molecule has 0 amide bonds. The Bertz CT molecular complexity index is 495. The summed E-state index contributed by atoms with van der Waals surface area (Å²) >= 11 is 0. The van der Waals surface area contributed by atoms with Crippen molar-refractivity contribution in [1.82, 2.24) is 0 Å². The first-order valence-electron chi connectivity index (χ1n) is 9.98. The van der Waals surface area contributed by atoms with Gasteiger partial charge in [0.15, 0.2) is 0 Å². The Hall–Kier alpha value is -2.01. The summed E-state index contributed by atoms with van der Waals surface area (Å²) in [6.45, 7) is 2.09. The fourth-order valence-corrected chi connectivity index (χ4v) is 2.51. The first-order chi connectivity index (χ1) is 13.1. The summed E-state index contributed by atoms with van der Waals surface area (Å²) in [6, 6.07) is -0.977. The molecule has 2 atom stereocenters. The average Bonchev–Trinajstić information content (AvgIpc) is 2.65. The van der Waals surface area contributed by atoms with Crippen LogP contribution in [0.2, 0.25) is 0 Å². The number of carbonyl (C=O) groups excluding carboxylic acids is 1. The van der Waals surface area contributed by atoms with Gasteiger partial charge in [0.2, 0.25) is 6.04 Å². The quantitative estimate of drug-likeness (QED) is 0.122. The molecular weight excluding hydrogens is 342 g/mol. The Balaban J connectivity index is 4.08. The second-order valence-corrected chi connectivity index (χ2v) is 6.46. The van der Waals surface area contributed by atoms with Crippen LogP contribution in [0.4, 0.5) is 0 Å². The first-order valence-corrected chi connectivity index (χ1v) is 9.98. The van der Waals surface area contributed by atoms with Gasteiger partial charge in [-0.25, -0.2) is 0 Å². The topological polar surface area (TPSA) is 80.4 Å². The SMILES string of the molecule is CC/C=C\C/C=C\C/C=C\CC(C(O)C/C=C\CCCCCC=O)[N+](=O)[O-]. The summed E-state index contributed by atoms with van der Waals surface area (Å²) in [6.07, 6.45) is 23.3. The molecule has 0 radical (unpaired) electrons. The lowest BCUT2D eigenvalue weighted by Gasteiger charge is -2.12. The van der Waals surface area contributed by atoms with Crippen LogP contribution in [0.25, 0.3) is 0 Å². The van der Waals surface area contributed by atoms with Gasteiger partial charge in [-0.15, -0.1) is 0 Å². The molecular formula is C22H35NO4. The number of hydrogen-bond acceptors (Lipinski definition) is 4. The van der Waals surface area contributed by atoms with E-state index in [9.17, 15) is 20.0 Å². The van der Waals surface area contributed by atoms with E-state index in [2.05, 4.69) is 25.2 Å². The number of unbranched alkanes of at least 4 members (excludes halogenated alkanes) is 4. The molecule has 152 valence electrons. The molecule has 0 rings (SSSR count). The third-order valence-corrected chi connectivity index (χ3v) is 4.11. The molecule has 0 aliphatic heterocycles. The van der Waals surface area contributed by atoms with Gasteiger partial charge in [0, 0.05) is 17.8 Å². The van der Waals surface area contributed by atoms with Gasteiger partial charge in [-0.2, -0.15) is 0 Å². The maximum atomic E-state index is 11.2. The lowest BCUT2D eigenvalue weighted by Crippen LogP contribution is -2.32. The minimum absolute atomic E-state index is 0.233. The largest absolute Gasteiger partial charge is 0.386 e. The molecule has 5 heteroatoms. The predicted molar refractivity (Wildman–Crippen MR) is 111 cm³/mol. The van der Waals surface area contributed by atoms with Crippen molar-refractivity contribution in [3.05, 3.63) is 58.7 Å². The number of nitro groups is 1. The van der Waals surface area contributed by atoms with E-state index < -0.39 is 17.1 Å². The second-order valence-electron chi connectivity index (χ2n) is 6.46. The first kappa shape index (κ1) is 25.0. The standard InChI is InChI=1S/C22H35NO4/c1-2-3-4-5-6-7-9-12-15-18-21(23(26)27)22(25)19-16-13-10-8-11-14-17-20-24/h3-4,6-7,12-13,15-16,20-22,25H,2,5,8-11,14,17-19H2,1H3/b4-3-,7-6-,15-12-,16-13-. The minimum atomic E-state index is -0.981. The molecule has 1 N–H and O–H groups in total. The number of allylic oxidation sites excluding steroid dienone is 6. The van der Waals surface area contributed by atoms with Crippen molar-refractivity contribution in [2.75, 3.05) is 0 Å². The van der Waals surface area contributed by atoms with Gasteiger partial charge in [0.05, 0.1) is 0 Å². The van der Waals surface area contributed by atoms with Crippen molar-refractivity contribution >= 4 is 6.29 Å². The van der Waals surface area contributed by atoms with Crippen LogP contribution < -0.4 is 0 Å². The molecule has 0 saturated carbocycles. The van der Waals surface area contributed by atoms with E-state index in [1.54, 1.807) is 6.08 Å². The van der Waals surface area contributed by atoms with Crippen molar-refractivity contribution < 1.29 is 14.8 Å². The van der Waals surface area contributed by atoms with Crippen LogP contribution in [0.1, 0.15) is 71.1 Å². The van der Waals surface area contributed by atoms with Crippen molar-refractivity contribution in [2.45, 2.75) is 83.3 Å². The highest BCUT2D eigenvalue weighted by molar-refractivity contribution is 5.48. The molecule has 5 nitrogen and oxygen atoms in total. The van der Waals surface area contributed by atoms with E-state index in [1.807, 2.05) is 24.3 Å². The van der Waals surface area contributed by atoms with Crippen molar-refractivity contribution in [3.8, 4) is 0 Å². The van der Waals surface area contributed by atoms with Crippen molar-refractivity contribution in [2.24, 2.45) is 0 Å². The Morgan fingerprint density at radius 3 is 2.07 bits per heavy atom. The lowest BCUT2D eigenvalue weighted by molar-refractivity contribution is -0.533. The van der Waals surface area contributed by atoms with Crippen LogP contribution in [0.3, 0.4) is 0 Å². The maximum absolute atomic E-state index is 11.2. The van der Waals surface area contributed by atoms with Gasteiger partial charge in [0.1, 0.15) is 12.4 Å². The number of aliphatic hydroxyl groups is 1. The van der Waals surface area contributed by atoms with E-state index >= 15 is 0 Å². The van der Waals surface area contributed by atoms with E-state index in [-0.39, 0.29) is 12.8 Å². The molecule has 0 bridgehead atoms. The zero-order valence-electron chi connectivity index (χ0n) is 16.5. The highest BCUT2D eigenvalue weighted by Crippen LogP contribution is 2.11. The third-order valence-electron chi connectivity index (χ3n) is 4.11. The molecule has 2 unspecified atom stereocenters. The zero-order chi connectivity index (χ0) is 20.2. The smallest absolute Gasteiger partial charge is 0.242 e. The number of aldehydes is 1. The molecule has 0 saturated heterocycles. The van der Waals surface area contributed by atoms with E-state index in [1.165, 1.54) is 0 Å². The van der Waals surface area contributed by atoms with E-state index in [0.717, 1.165) is 51.2 Å². The summed E-state index contributed by atoms with van der Waals surface area (Å²) in [5.41, 5.74) is 0. The minimum Gasteiger partial charge on any atom is -0.386 e. The van der Waals surface area contributed by atoms with Gasteiger partial charge < -0.3 is 9.90 Å². The number of carbonyl (C=O) groups is 1. The van der Waals surface area contributed by atoms with Crippen LogP contribution in [0.15, 0.2) is 48.6 Å². The molecule has 0 aromatic rings. The zero-order valence-corrected chi connectivity index (χ0v) is 16.5. The van der Waals surface area contributed by atoms with Crippen LogP contribution in [0, 0.1) is 10.1 Å². The molecule has 0 spiro atoms. The van der Waals surface area contributed by atoms with Crippen molar-refractivity contribution in [3.63, 3.8) is 0 Å².